The molecular formula is C15H16N2O2S. The van der Waals surface area contributed by atoms with Crippen molar-refractivity contribution in [2.75, 3.05) is 18.0 Å². The average molecular weight is 288 g/mol. The summed E-state index contributed by atoms with van der Waals surface area (Å²) in [6, 6.07) is 7.66. The summed E-state index contributed by atoms with van der Waals surface area (Å²) in [6.07, 6.45) is 1.46. The normalized spacial score (nSPS) is 16.5. The summed E-state index contributed by atoms with van der Waals surface area (Å²) in [5.74, 6) is -0.279. The Balaban J connectivity index is 1.90. The van der Waals surface area contributed by atoms with Crippen LogP contribution in [0.2, 0.25) is 0 Å². The van der Waals surface area contributed by atoms with Gasteiger partial charge in [0.1, 0.15) is 0 Å². The lowest BCUT2D eigenvalue weighted by molar-refractivity contribution is -0.122. The van der Waals surface area contributed by atoms with E-state index in [4.69, 9.17) is 5.73 Å². The lowest BCUT2D eigenvalue weighted by Gasteiger charge is -2.31. The maximum absolute atomic E-state index is 12.5. The molecule has 0 atom stereocenters. The van der Waals surface area contributed by atoms with Crippen LogP contribution in [0, 0.1) is 5.92 Å². The van der Waals surface area contributed by atoms with Crippen LogP contribution in [0.25, 0.3) is 10.1 Å². The van der Waals surface area contributed by atoms with Gasteiger partial charge in [0, 0.05) is 34.5 Å². The van der Waals surface area contributed by atoms with Crippen LogP contribution < -0.4 is 16.1 Å². The second-order valence-corrected chi connectivity index (χ2v) is 6.02. The third-order valence-corrected chi connectivity index (χ3v) is 4.85. The monoisotopic (exact) mass is 288 g/mol. The zero-order valence-electron chi connectivity index (χ0n) is 11.0. The first-order valence-corrected chi connectivity index (χ1v) is 7.59. The molecule has 2 aromatic rings. The number of anilines is 1. The van der Waals surface area contributed by atoms with Gasteiger partial charge in [0.25, 0.3) is 0 Å². The Morgan fingerprint density at radius 2 is 1.95 bits per heavy atom. The van der Waals surface area contributed by atoms with Crippen molar-refractivity contribution in [3.05, 3.63) is 39.9 Å². The van der Waals surface area contributed by atoms with Gasteiger partial charge in [-0.05, 0) is 25.0 Å². The van der Waals surface area contributed by atoms with E-state index in [1.165, 1.54) is 0 Å². The van der Waals surface area contributed by atoms with Crippen molar-refractivity contribution < 1.29 is 4.79 Å². The van der Waals surface area contributed by atoms with Gasteiger partial charge in [-0.3, -0.25) is 9.59 Å². The highest BCUT2D eigenvalue weighted by atomic mass is 32.1. The van der Waals surface area contributed by atoms with Crippen LogP contribution in [0.1, 0.15) is 12.8 Å². The van der Waals surface area contributed by atoms with Crippen molar-refractivity contribution in [3.63, 3.8) is 0 Å². The van der Waals surface area contributed by atoms with Gasteiger partial charge in [0.05, 0.1) is 5.69 Å². The van der Waals surface area contributed by atoms with Gasteiger partial charge in [0.2, 0.25) is 11.3 Å². The Morgan fingerprint density at radius 1 is 1.25 bits per heavy atom. The molecule has 0 aliphatic carbocycles. The molecule has 0 saturated carbocycles. The Labute approximate surface area is 120 Å². The van der Waals surface area contributed by atoms with Crippen LogP contribution in [0.5, 0.6) is 0 Å². The first-order valence-electron chi connectivity index (χ1n) is 6.71. The van der Waals surface area contributed by atoms with Gasteiger partial charge in [-0.25, -0.2) is 0 Å². The SMILES string of the molecule is NC(=O)C1CCN(c2csc3ccccc3c2=O)CC1. The van der Waals surface area contributed by atoms with E-state index in [1.807, 2.05) is 29.6 Å². The smallest absolute Gasteiger partial charge is 0.220 e. The predicted molar refractivity (Wildman–Crippen MR) is 82.2 cm³/mol. The number of nitrogens with two attached hydrogens (primary N) is 1. The van der Waals surface area contributed by atoms with Crippen molar-refractivity contribution in [1.82, 2.24) is 0 Å². The lowest BCUT2D eigenvalue weighted by atomic mass is 9.96. The number of hydrogen-bond acceptors (Lipinski definition) is 4. The fourth-order valence-electron chi connectivity index (χ4n) is 2.69. The average Bonchev–Trinajstić information content (AvgIpc) is 2.48. The van der Waals surface area contributed by atoms with Crippen molar-refractivity contribution >= 4 is 33.0 Å². The van der Waals surface area contributed by atoms with Crippen LogP contribution in [0.4, 0.5) is 5.69 Å². The fraction of sp³-hybridized carbons (Fsp3) is 0.333. The van der Waals surface area contributed by atoms with Gasteiger partial charge in [-0.1, -0.05) is 12.1 Å². The van der Waals surface area contributed by atoms with E-state index in [-0.39, 0.29) is 17.3 Å². The molecule has 5 heteroatoms. The van der Waals surface area contributed by atoms with Crippen molar-refractivity contribution in [1.29, 1.82) is 0 Å². The van der Waals surface area contributed by atoms with Gasteiger partial charge < -0.3 is 10.6 Å². The van der Waals surface area contributed by atoms with Gasteiger partial charge >= 0.3 is 0 Å². The van der Waals surface area contributed by atoms with E-state index >= 15 is 0 Å². The number of nitrogens with zero attached hydrogens (tertiary/aromatic N) is 1. The van der Waals surface area contributed by atoms with Gasteiger partial charge in [-0.15, -0.1) is 11.3 Å². The highest BCUT2D eigenvalue weighted by molar-refractivity contribution is 7.16. The number of carbonyl (C=O) groups excluding carboxylic acids is 1. The molecule has 2 heterocycles. The van der Waals surface area contributed by atoms with E-state index in [1.54, 1.807) is 11.3 Å². The van der Waals surface area contributed by atoms with E-state index in [0.717, 1.165) is 28.6 Å². The topological polar surface area (TPSA) is 63.4 Å². The maximum atomic E-state index is 12.5. The molecule has 1 aromatic heterocycles. The number of piperidine rings is 1. The zero-order chi connectivity index (χ0) is 14.1. The molecule has 1 saturated heterocycles. The van der Waals surface area contributed by atoms with E-state index in [9.17, 15) is 9.59 Å². The van der Waals surface area contributed by atoms with Gasteiger partial charge in [0.15, 0.2) is 0 Å². The number of hydrogen-bond donors (Lipinski definition) is 1. The molecule has 4 nitrogen and oxygen atoms in total. The summed E-state index contributed by atoms with van der Waals surface area (Å²) in [5.41, 5.74) is 6.17. The summed E-state index contributed by atoms with van der Waals surface area (Å²) in [7, 11) is 0. The largest absolute Gasteiger partial charge is 0.369 e. The second-order valence-electron chi connectivity index (χ2n) is 5.11. The molecule has 1 fully saturated rings. The van der Waals surface area contributed by atoms with Crippen molar-refractivity contribution in [2.45, 2.75) is 12.8 Å². The number of fused-ring (bicyclic) bond motifs is 1. The van der Waals surface area contributed by atoms with Crippen LogP contribution in [-0.2, 0) is 4.79 Å². The molecule has 1 aliphatic rings. The molecule has 0 spiro atoms. The third-order valence-electron chi connectivity index (χ3n) is 3.90. The summed E-state index contributed by atoms with van der Waals surface area (Å²) in [4.78, 5) is 25.8. The van der Waals surface area contributed by atoms with Crippen molar-refractivity contribution in [3.8, 4) is 0 Å². The standard InChI is InChI=1S/C15H16N2O2S/c16-15(19)10-5-7-17(8-6-10)12-9-20-13-4-2-1-3-11(13)14(12)18/h1-4,9-10H,5-8H2,(H2,16,19). The van der Waals surface area contributed by atoms with E-state index < -0.39 is 0 Å². The molecule has 2 N–H and O–H groups in total. The number of benzene rings is 1. The minimum atomic E-state index is -0.228. The number of rotatable bonds is 2. The van der Waals surface area contributed by atoms with Crippen LogP contribution in [0.3, 0.4) is 0 Å². The first-order chi connectivity index (χ1) is 9.66. The Hall–Kier alpha value is -1.88. The highest BCUT2D eigenvalue weighted by Crippen LogP contribution is 2.25. The summed E-state index contributed by atoms with van der Waals surface area (Å²) in [6.45, 7) is 1.43. The molecule has 0 unspecified atom stereocenters. The minimum Gasteiger partial charge on any atom is -0.369 e. The molecule has 0 bridgehead atoms. The quantitative estimate of drug-likeness (QED) is 0.919. The number of carbonyl (C=O) groups is 1. The van der Waals surface area contributed by atoms with E-state index in [0.29, 0.717) is 13.1 Å². The van der Waals surface area contributed by atoms with Crippen LogP contribution in [0.15, 0.2) is 34.4 Å². The first kappa shape index (κ1) is 13.1. The fourth-order valence-corrected chi connectivity index (χ4v) is 3.63. The molecular weight excluding hydrogens is 272 g/mol. The Kier molecular flexibility index (Phi) is 3.44. The predicted octanol–water partition coefficient (Wildman–Crippen LogP) is 1.96. The number of amides is 1. The minimum absolute atomic E-state index is 0.0505. The lowest BCUT2D eigenvalue weighted by Crippen LogP contribution is -2.40. The highest BCUT2D eigenvalue weighted by Gasteiger charge is 2.24. The number of primary amides is 1. The maximum Gasteiger partial charge on any atom is 0.220 e. The molecule has 104 valence electrons. The Bertz CT molecular complexity index is 702. The molecule has 1 aromatic carbocycles. The summed E-state index contributed by atoms with van der Waals surface area (Å²) in [5, 5.41) is 2.70. The van der Waals surface area contributed by atoms with Gasteiger partial charge in [-0.2, -0.15) is 0 Å². The summed E-state index contributed by atoms with van der Waals surface area (Å²) >= 11 is 1.59. The molecule has 1 amide bonds. The Morgan fingerprint density at radius 3 is 2.65 bits per heavy atom. The zero-order valence-corrected chi connectivity index (χ0v) is 11.9. The molecule has 20 heavy (non-hydrogen) atoms. The van der Waals surface area contributed by atoms with Crippen LogP contribution in [-0.4, -0.2) is 19.0 Å². The molecule has 1 aliphatic heterocycles. The third kappa shape index (κ3) is 2.29. The molecule has 0 radical (unpaired) electrons. The summed E-state index contributed by atoms with van der Waals surface area (Å²) < 4.78 is 1.01. The van der Waals surface area contributed by atoms with E-state index in [2.05, 4.69) is 4.90 Å². The van der Waals surface area contributed by atoms with Crippen molar-refractivity contribution in [2.24, 2.45) is 11.7 Å². The second kappa shape index (κ2) is 5.25. The molecule has 3 rings (SSSR count). The van der Waals surface area contributed by atoms with Crippen LogP contribution >= 0.6 is 11.3 Å².